The van der Waals surface area contributed by atoms with Crippen molar-refractivity contribution in [3.8, 4) is 11.5 Å². The summed E-state index contributed by atoms with van der Waals surface area (Å²) < 4.78 is 51.9. The first kappa shape index (κ1) is 19.6. The predicted molar refractivity (Wildman–Crippen MR) is 100 cm³/mol. The fraction of sp³-hybridized carbons (Fsp3) is 0.158. The fourth-order valence-electron chi connectivity index (χ4n) is 2.43. The van der Waals surface area contributed by atoms with Crippen molar-refractivity contribution in [3.63, 3.8) is 0 Å². The third-order valence-electron chi connectivity index (χ3n) is 3.54. The van der Waals surface area contributed by atoms with Gasteiger partial charge in [0.25, 0.3) is 0 Å². The van der Waals surface area contributed by atoms with E-state index >= 15 is 0 Å². The monoisotopic (exact) mass is 405 g/mol. The highest BCUT2D eigenvalue weighted by atomic mass is 32.2. The molecule has 0 fully saturated rings. The Bertz CT molecular complexity index is 1090. The van der Waals surface area contributed by atoms with Gasteiger partial charge in [0.1, 0.15) is 5.82 Å². The second-order valence-electron chi connectivity index (χ2n) is 5.74. The minimum absolute atomic E-state index is 0.0241. The summed E-state index contributed by atoms with van der Waals surface area (Å²) in [7, 11) is -3.73. The molecule has 146 valence electrons. The second-order valence-corrected chi connectivity index (χ2v) is 7.32. The number of carbonyl (C=O) groups is 1. The second kappa shape index (κ2) is 7.81. The maximum atomic E-state index is 13.9. The van der Waals surface area contributed by atoms with Crippen molar-refractivity contribution in [2.75, 3.05) is 12.9 Å². The van der Waals surface area contributed by atoms with Crippen molar-refractivity contribution < 1.29 is 31.3 Å². The molecule has 0 unspecified atom stereocenters. The van der Waals surface area contributed by atoms with Crippen molar-refractivity contribution in [1.29, 1.82) is 0 Å². The molecule has 3 rings (SSSR count). The quantitative estimate of drug-likeness (QED) is 0.417. The lowest BCUT2D eigenvalue weighted by molar-refractivity contribution is -0.129. The van der Waals surface area contributed by atoms with Crippen LogP contribution in [0.25, 0.3) is 6.08 Å². The summed E-state index contributed by atoms with van der Waals surface area (Å²) in [6.45, 7) is 2.01. The maximum Gasteiger partial charge on any atom is 0.363 e. The van der Waals surface area contributed by atoms with Crippen LogP contribution in [0.2, 0.25) is 0 Å². The Morgan fingerprint density at radius 1 is 1.18 bits per heavy atom. The van der Waals surface area contributed by atoms with Gasteiger partial charge < -0.3 is 13.7 Å². The molecule has 1 aliphatic rings. The molecule has 2 aromatic carbocycles. The Balaban J connectivity index is 1.95. The average molecular weight is 405 g/mol. The van der Waals surface area contributed by atoms with Gasteiger partial charge in [-0.05, 0) is 42.8 Å². The molecule has 0 bridgehead atoms. The molecule has 0 atom stereocenters. The van der Waals surface area contributed by atoms with Gasteiger partial charge in [-0.3, -0.25) is 0 Å². The Morgan fingerprint density at radius 2 is 1.93 bits per heavy atom. The van der Waals surface area contributed by atoms with Gasteiger partial charge in [0.2, 0.25) is 5.90 Å². The smallest absolute Gasteiger partial charge is 0.363 e. The van der Waals surface area contributed by atoms with Gasteiger partial charge in [-0.25, -0.2) is 14.2 Å². The summed E-state index contributed by atoms with van der Waals surface area (Å²) >= 11 is 0. The summed E-state index contributed by atoms with van der Waals surface area (Å²) in [6, 6.07) is 10.2. The van der Waals surface area contributed by atoms with E-state index in [4.69, 9.17) is 13.7 Å². The number of halogens is 1. The van der Waals surface area contributed by atoms with Crippen LogP contribution in [0.3, 0.4) is 0 Å². The number of cyclic esters (lactones) is 1. The third kappa shape index (κ3) is 4.55. The van der Waals surface area contributed by atoms with Crippen molar-refractivity contribution in [1.82, 2.24) is 0 Å². The molecule has 0 saturated heterocycles. The molecule has 0 saturated carbocycles. The zero-order valence-corrected chi connectivity index (χ0v) is 15.8. The molecule has 0 aromatic heterocycles. The highest BCUT2D eigenvalue weighted by Crippen LogP contribution is 2.31. The van der Waals surface area contributed by atoms with Crippen LogP contribution >= 0.6 is 0 Å². The topological polar surface area (TPSA) is 91.3 Å². The largest absolute Gasteiger partial charge is 0.490 e. The maximum absolute atomic E-state index is 13.9. The lowest BCUT2D eigenvalue weighted by atomic mass is 10.1. The van der Waals surface area contributed by atoms with Crippen LogP contribution in [-0.4, -0.2) is 33.1 Å². The van der Waals surface area contributed by atoms with Crippen molar-refractivity contribution in [2.45, 2.75) is 6.92 Å². The number of nitrogens with zero attached hydrogens (tertiary/aromatic N) is 1. The molecular weight excluding hydrogens is 389 g/mol. The third-order valence-corrected chi connectivity index (χ3v) is 4.02. The summed E-state index contributed by atoms with van der Waals surface area (Å²) in [5.41, 5.74) is 0.540. The predicted octanol–water partition coefficient (Wildman–Crippen LogP) is 2.91. The van der Waals surface area contributed by atoms with Crippen molar-refractivity contribution >= 4 is 28.1 Å². The molecule has 9 heteroatoms. The van der Waals surface area contributed by atoms with Crippen LogP contribution in [0.4, 0.5) is 4.39 Å². The number of esters is 1. The van der Waals surface area contributed by atoms with E-state index in [1.807, 2.05) is 0 Å². The molecule has 1 aliphatic heterocycles. The molecule has 0 N–H and O–H groups in total. The number of carbonyl (C=O) groups excluding carboxylic acids is 1. The molecule has 28 heavy (non-hydrogen) atoms. The Labute approximate surface area is 161 Å². The molecule has 7 nitrogen and oxygen atoms in total. The normalized spacial score (nSPS) is 15.3. The Morgan fingerprint density at radius 3 is 2.61 bits per heavy atom. The van der Waals surface area contributed by atoms with E-state index in [9.17, 15) is 17.6 Å². The van der Waals surface area contributed by atoms with Gasteiger partial charge >= 0.3 is 16.1 Å². The van der Waals surface area contributed by atoms with E-state index in [1.54, 1.807) is 13.0 Å². The zero-order valence-electron chi connectivity index (χ0n) is 15.0. The number of hydrogen-bond donors (Lipinski definition) is 0. The van der Waals surface area contributed by atoms with E-state index in [0.717, 1.165) is 6.26 Å². The molecule has 1 heterocycles. The van der Waals surface area contributed by atoms with Crippen LogP contribution in [-0.2, 0) is 19.6 Å². The zero-order chi connectivity index (χ0) is 20.3. The van der Waals surface area contributed by atoms with Gasteiger partial charge in [0.05, 0.1) is 18.4 Å². The highest BCUT2D eigenvalue weighted by molar-refractivity contribution is 7.86. The van der Waals surface area contributed by atoms with E-state index in [0.29, 0.717) is 5.56 Å². The molecule has 0 amide bonds. The Kier molecular flexibility index (Phi) is 5.46. The summed E-state index contributed by atoms with van der Waals surface area (Å²) in [5, 5.41) is 0. The molecule has 0 radical (unpaired) electrons. The molecule has 0 aliphatic carbocycles. The van der Waals surface area contributed by atoms with Gasteiger partial charge in [-0.1, -0.05) is 18.2 Å². The van der Waals surface area contributed by atoms with E-state index in [1.165, 1.54) is 42.5 Å². The highest BCUT2D eigenvalue weighted by Gasteiger charge is 2.26. The van der Waals surface area contributed by atoms with Crippen LogP contribution in [0.5, 0.6) is 11.5 Å². The molecular formula is C19H16FNO6S. The number of aliphatic imine (C=N–C) groups is 1. The molecule has 2 aromatic rings. The SMILES string of the molecule is CCOc1cc(/C=C2/N=C(c3ccccc3F)OC2=O)ccc1OS(C)(=O)=O. The number of benzene rings is 2. The van der Waals surface area contributed by atoms with E-state index < -0.39 is 21.9 Å². The lowest BCUT2D eigenvalue weighted by Gasteiger charge is -2.10. The van der Waals surface area contributed by atoms with Gasteiger partial charge in [-0.2, -0.15) is 8.42 Å². The average Bonchev–Trinajstić information content (AvgIpc) is 2.97. The first-order chi connectivity index (χ1) is 13.3. The van der Waals surface area contributed by atoms with Gasteiger partial charge in [0, 0.05) is 0 Å². The van der Waals surface area contributed by atoms with Gasteiger partial charge in [0.15, 0.2) is 17.2 Å². The van der Waals surface area contributed by atoms with Gasteiger partial charge in [-0.15, -0.1) is 0 Å². The minimum atomic E-state index is -3.73. The fourth-order valence-corrected chi connectivity index (χ4v) is 2.90. The summed E-state index contributed by atoms with van der Waals surface area (Å²) in [4.78, 5) is 16.1. The summed E-state index contributed by atoms with van der Waals surface area (Å²) in [5.74, 6) is -1.21. The molecule has 0 spiro atoms. The number of ether oxygens (including phenoxy) is 2. The number of hydrogen-bond acceptors (Lipinski definition) is 7. The Hall–Kier alpha value is -3.20. The first-order valence-corrected chi connectivity index (χ1v) is 10.0. The van der Waals surface area contributed by atoms with Crippen molar-refractivity contribution in [2.24, 2.45) is 4.99 Å². The minimum Gasteiger partial charge on any atom is -0.490 e. The van der Waals surface area contributed by atoms with Crippen LogP contribution in [0.1, 0.15) is 18.1 Å². The van der Waals surface area contributed by atoms with E-state index in [2.05, 4.69) is 4.99 Å². The standard InChI is InChI=1S/C19H16FNO6S/c1-3-25-17-11-12(8-9-16(17)27-28(2,23)24)10-15-19(22)26-18(21-15)13-6-4-5-7-14(13)20/h4-11H,3H2,1-2H3/b15-10+. The van der Waals surface area contributed by atoms with Crippen LogP contribution < -0.4 is 8.92 Å². The number of rotatable bonds is 6. The summed E-state index contributed by atoms with van der Waals surface area (Å²) in [6.07, 6.45) is 2.34. The lowest BCUT2D eigenvalue weighted by Crippen LogP contribution is -2.07. The van der Waals surface area contributed by atoms with Crippen LogP contribution in [0.15, 0.2) is 53.2 Å². The van der Waals surface area contributed by atoms with E-state index in [-0.39, 0.29) is 35.3 Å². The van der Waals surface area contributed by atoms with Crippen LogP contribution in [0, 0.1) is 5.82 Å². The van der Waals surface area contributed by atoms with Crippen molar-refractivity contribution in [3.05, 3.63) is 65.1 Å². The first-order valence-electron chi connectivity index (χ1n) is 8.20.